The number of nitrogens with zero attached hydrogens (tertiary/aromatic N) is 1. The molecule has 4 nitrogen and oxygen atoms in total. The lowest BCUT2D eigenvalue weighted by atomic mass is 10.2. The van der Waals surface area contributed by atoms with E-state index in [0.29, 0.717) is 0 Å². The monoisotopic (exact) mass is 335 g/mol. The van der Waals surface area contributed by atoms with Gasteiger partial charge in [-0.15, -0.1) is 11.3 Å². The number of anilines is 1. The van der Waals surface area contributed by atoms with E-state index in [9.17, 15) is 4.79 Å². The van der Waals surface area contributed by atoms with Crippen LogP contribution in [0.1, 0.15) is 32.4 Å². The highest BCUT2D eigenvalue weighted by Gasteiger charge is 2.08. The number of carbonyl (C=O) groups excluding carboxylic acids is 1. The molecule has 118 valence electrons. The van der Waals surface area contributed by atoms with Crippen molar-refractivity contribution in [3.05, 3.63) is 35.3 Å². The van der Waals surface area contributed by atoms with E-state index in [1.807, 2.05) is 36.6 Å². The first kappa shape index (κ1) is 16.8. The van der Waals surface area contributed by atoms with E-state index in [1.165, 1.54) is 0 Å². The fourth-order valence-corrected chi connectivity index (χ4v) is 3.74. The molecular weight excluding hydrogens is 314 g/mol. The van der Waals surface area contributed by atoms with Gasteiger partial charge < -0.3 is 10.6 Å². The van der Waals surface area contributed by atoms with Gasteiger partial charge in [-0.05, 0) is 44.0 Å². The van der Waals surface area contributed by atoms with E-state index < -0.39 is 0 Å². The second-order valence-corrected chi connectivity index (χ2v) is 7.17. The van der Waals surface area contributed by atoms with Crippen LogP contribution in [0.15, 0.2) is 38.9 Å². The molecule has 0 unspecified atom stereocenters. The summed E-state index contributed by atoms with van der Waals surface area (Å²) in [5.41, 5.74) is 1.84. The Morgan fingerprint density at radius 3 is 2.50 bits per heavy atom. The summed E-state index contributed by atoms with van der Waals surface area (Å²) in [6.07, 6.45) is 1.87. The van der Waals surface area contributed by atoms with Crippen LogP contribution in [0, 0.1) is 6.92 Å². The minimum absolute atomic E-state index is 0.148. The average molecular weight is 335 g/mol. The van der Waals surface area contributed by atoms with Crippen molar-refractivity contribution >= 4 is 34.8 Å². The summed E-state index contributed by atoms with van der Waals surface area (Å²) < 4.78 is 1.03. The van der Waals surface area contributed by atoms with Gasteiger partial charge in [0.15, 0.2) is 4.34 Å². The number of aryl methyl sites for hydroxylation is 1. The van der Waals surface area contributed by atoms with Gasteiger partial charge in [0, 0.05) is 27.7 Å². The van der Waals surface area contributed by atoms with Gasteiger partial charge in [0.2, 0.25) is 0 Å². The van der Waals surface area contributed by atoms with E-state index in [0.717, 1.165) is 33.5 Å². The average Bonchev–Trinajstić information content (AvgIpc) is 2.92. The van der Waals surface area contributed by atoms with Crippen LogP contribution in [0.3, 0.4) is 0 Å². The number of thiazole rings is 1. The minimum Gasteiger partial charge on any atom is -0.335 e. The lowest BCUT2D eigenvalue weighted by Gasteiger charge is -2.15. The molecule has 1 aromatic carbocycles. The third kappa shape index (κ3) is 5.03. The Balaban J connectivity index is 1.90. The maximum Gasteiger partial charge on any atom is 0.319 e. The Morgan fingerprint density at radius 1 is 1.27 bits per heavy atom. The maximum atomic E-state index is 11.9. The number of carbonyl (C=O) groups is 1. The minimum atomic E-state index is -0.148. The number of urea groups is 1. The van der Waals surface area contributed by atoms with Gasteiger partial charge in [0.25, 0.3) is 0 Å². The summed E-state index contributed by atoms with van der Waals surface area (Å²) in [7, 11) is 0. The topological polar surface area (TPSA) is 54.0 Å². The Labute approximate surface area is 139 Å². The summed E-state index contributed by atoms with van der Waals surface area (Å²) in [5, 5.41) is 7.86. The highest BCUT2D eigenvalue weighted by Crippen LogP contribution is 2.30. The first-order valence-corrected chi connectivity index (χ1v) is 9.07. The smallest absolute Gasteiger partial charge is 0.319 e. The van der Waals surface area contributed by atoms with Crippen molar-refractivity contribution in [2.24, 2.45) is 0 Å². The van der Waals surface area contributed by atoms with Gasteiger partial charge >= 0.3 is 6.03 Å². The highest BCUT2D eigenvalue weighted by molar-refractivity contribution is 8.01. The molecule has 0 radical (unpaired) electrons. The SMILES string of the molecule is CCC(CC)NC(=O)Nc1ccc(Sc2nc(C)cs2)cc1. The maximum absolute atomic E-state index is 11.9. The van der Waals surface area contributed by atoms with Gasteiger partial charge in [-0.2, -0.15) is 0 Å². The van der Waals surface area contributed by atoms with Crippen molar-refractivity contribution in [1.29, 1.82) is 0 Å². The number of amides is 2. The van der Waals surface area contributed by atoms with Crippen LogP contribution in [0.5, 0.6) is 0 Å². The van der Waals surface area contributed by atoms with Gasteiger partial charge in [-0.25, -0.2) is 9.78 Å². The highest BCUT2D eigenvalue weighted by atomic mass is 32.2. The third-order valence-corrected chi connectivity index (χ3v) is 5.30. The first-order valence-electron chi connectivity index (χ1n) is 7.38. The molecule has 0 aliphatic rings. The molecule has 2 aromatic rings. The zero-order chi connectivity index (χ0) is 15.9. The molecule has 0 fully saturated rings. The summed E-state index contributed by atoms with van der Waals surface area (Å²) in [6.45, 7) is 6.13. The quantitative estimate of drug-likeness (QED) is 0.788. The molecule has 0 bridgehead atoms. The molecule has 0 spiro atoms. The number of hydrogen-bond acceptors (Lipinski definition) is 4. The molecule has 0 atom stereocenters. The molecule has 0 aliphatic heterocycles. The van der Waals surface area contributed by atoms with Crippen LogP contribution in [0.4, 0.5) is 10.5 Å². The predicted octanol–water partition coefficient (Wildman–Crippen LogP) is 4.91. The summed E-state index contributed by atoms with van der Waals surface area (Å²) >= 11 is 3.28. The van der Waals surface area contributed by atoms with Crippen LogP contribution in [-0.2, 0) is 0 Å². The van der Waals surface area contributed by atoms with E-state index >= 15 is 0 Å². The van der Waals surface area contributed by atoms with Gasteiger partial charge in [-0.1, -0.05) is 25.6 Å². The van der Waals surface area contributed by atoms with Crippen molar-refractivity contribution < 1.29 is 4.79 Å². The van der Waals surface area contributed by atoms with Gasteiger partial charge in [0.1, 0.15) is 0 Å². The fourth-order valence-electron chi connectivity index (χ4n) is 1.93. The second-order valence-electron chi connectivity index (χ2n) is 4.99. The third-order valence-electron chi connectivity index (χ3n) is 3.24. The molecule has 2 N–H and O–H groups in total. The molecule has 0 saturated carbocycles. The van der Waals surface area contributed by atoms with Crippen molar-refractivity contribution in [2.45, 2.75) is 48.9 Å². The lowest BCUT2D eigenvalue weighted by molar-refractivity contribution is 0.247. The van der Waals surface area contributed by atoms with Crippen LogP contribution >= 0.6 is 23.1 Å². The number of benzene rings is 1. The Morgan fingerprint density at radius 2 is 1.95 bits per heavy atom. The molecule has 1 aromatic heterocycles. The van der Waals surface area contributed by atoms with E-state index in [1.54, 1.807) is 23.1 Å². The van der Waals surface area contributed by atoms with Crippen LogP contribution in [0.25, 0.3) is 0 Å². The Kier molecular flexibility index (Phi) is 6.27. The molecule has 0 saturated heterocycles. The largest absolute Gasteiger partial charge is 0.335 e. The standard InChI is InChI=1S/C16H21N3OS2/c1-4-12(5-2)18-15(20)19-13-6-8-14(9-7-13)22-16-17-11(3)10-21-16/h6-10,12H,4-5H2,1-3H3,(H2,18,19,20). The van der Waals surface area contributed by atoms with Crippen molar-refractivity contribution in [1.82, 2.24) is 10.3 Å². The molecule has 1 heterocycles. The van der Waals surface area contributed by atoms with Crippen molar-refractivity contribution in [2.75, 3.05) is 5.32 Å². The number of aromatic nitrogens is 1. The summed E-state index contributed by atoms with van der Waals surface area (Å²) in [6, 6.07) is 7.89. The Hall–Kier alpha value is -1.53. The molecule has 22 heavy (non-hydrogen) atoms. The Bertz CT molecular complexity index is 606. The van der Waals surface area contributed by atoms with E-state index in [-0.39, 0.29) is 12.1 Å². The van der Waals surface area contributed by atoms with Crippen LogP contribution < -0.4 is 10.6 Å². The molecule has 2 rings (SSSR count). The normalized spacial score (nSPS) is 10.7. The van der Waals surface area contributed by atoms with Crippen LogP contribution in [-0.4, -0.2) is 17.1 Å². The number of nitrogens with one attached hydrogen (secondary N) is 2. The first-order chi connectivity index (χ1) is 10.6. The summed E-state index contributed by atoms with van der Waals surface area (Å²) in [4.78, 5) is 17.4. The zero-order valence-corrected chi connectivity index (χ0v) is 14.7. The van der Waals surface area contributed by atoms with E-state index in [4.69, 9.17) is 0 Å². The van der Waals surface area contributed by atoms with Crippen LogP contribution in [0.2, 0.25) is 0 Å². The molecule has 0 aliphatic carbocycles. The molecule has 2 amide bonds. The van der Waals surface area contributed by atoms with Gasteiger partial charge in [0.05, 0.1) is 0 Å². The second kappa shape index (κ2) is 8.19. The predicted molar refractivity (Wildman–Crippen MR) is 93.9 cm³/mol. The summed E-state index contributed by atoms with van der Waals surface area (Å²) in [5.74, 6) is 0. The molecule has 6 heteroatoms. The van der Waals surface area contributed by atoms with E-state index in [2.05, 4.69) is 29.5 Å². The van der Waals surface area contributed by atoms with Crippen molar-refractivity contribution in [3.63, 3.8) is 0 Å². The fraction of sp³-hybridized carbons (Fsp3) is 0.375. The lowest BCUT2D eigenvalue weighted by Crippen LogP contribution is -2.37. The molecular formula is C16H21N3OS2. The van der Waals surface area contributed by atoms with Gasteiger partial charge in [-0.3, -0.25) is 0 Å². The number of hydrogen-bond donors (Lipinski definition) is 2. The van der Waals surface area contributed by atoms with Crippen molar-refractivity contribution in [3.8, 4) is 0 Å². The zero-order valence-electron chi connectivity index (χ0n) is 13.1. The number of rotatable bonds is 6.